The Kier molecular flexibility index (Phi) is 1.98. The van der Waals surface area contributed by atoms with Gasteiger partial charge in [-0.3, -0.25) is 4.99 Å². The molecule has 1 N–H and O–H groups in total. The minimum atomic E-state index is 0.425. The fourth-order valence-electron chi connectivity index (χ4n) is 2.75. The number of nitrogens with zero attached hydrogens (tertiary/aromatic N) is 1. The van der Waals surface area contributed by atoms with Crippen molar-refractivity contribution in [3.63, 3.8) is 0 Å². The van der Waals surface area contributed by atoms with Gasteiger partial charge in [0.2, 0.25) is 0 Å². The summed E-state index contributed by atoms with van der Waals surface area (Å²) in [6.07, 6.45) is 9.07. The van der Waals surface area contributed by atoms with Gasteiger partial charge in [0.25, 0.3) is 0 Å². The maximum atomic E-state index is 4.54. The molecule has 1 heterocycles. The average Bonchev–Trinajstić information content (AvgIpc) is 2.95. The molecule has 4 unspecified atom stereocenters. The summed E-state index contributed by atoms with van der Waals surface area (Å²) < 4.78 is 0. The SMILES string of the molecule is CC1NC=NC2CC(C3CC3C)=CC=C21. The van der Waals surface area contributed by atoms with Crippen LogP contribution in [0.25, 0.3) is 0 Å². The zero-order chi connectivity index (χ0) is 10.4. The summed E-state index contributed by atoms with van der Waals surface area (Å²) in [5.41, 5.74) is 3.08. The fraction of sp³-hybridized carbons (Fsp3) is 0.615. The highest BCUT2D eigenvalue weighted by Crippen LogP contribution is 2.47. The van der Waals surface area contributed by atoms with Gasteiger partial charge >= 0.3 is 0 Å². The van der Waals surface area contributed by atoms with Crippen molar-refractivity contribution in [2.24, 2.45) is 16.8 Å². The van der Waals surface area contributed by atoms with Crippen LogP contribution >= 0.6 is 0 Å². The lowest BCUT2D eigenvalue weighted by atomic mass is 9.87. The Morgan fingerprint density at radius 2 is 2.13 bits per heavy atom. The summed E-state index contributed by atoms with van der Waals surface area (Å²) in [7, 11) is 0. The fourth-order valence-corrected chi connectivity index (χ4v) is 2.75. The standard InChI is InChI=1S/C13H18N2/c1-8-5-12(8)10-3-4-11-9(2)14-7-15-13(11)6-10/h3-4,7-9,12-13H,5-6H2,1-2H3,(H,14,15). The Bertz CT molecular complexity index is 365. The van der Waals surface area contributed by atoms with Crippen molar-refractivity contribution in [2.45, 2.75) is 38.8 Å². The average molecular weight is 202 g/mol. The number of nitrogens with one attached hydrogen (secondary N) is 1. The summed E-state index contributed by atoms with van der Waals surface area (Å²) in [6.45, 7) is 4.56. The van der Waals surface area contributed by atoms with Gasteiger partial charge in [0.15, 0.2) is 0 Å². The Morgan fingerprint density at radius 1 is 1.33 bits per heavy atom. The van der Waals surface area contributed by atoms with Crippen LogP contribution in [0.1, 0.15) is 26.7 Å². The van der Waals surface area contributed by atoms with E-state index in [4.69, 9.17) is 0 Å². The quantitative estimate of drug-likeness (QED) is 0.693. The molecule has 1 fully saturated rings. The zero-order valence-corrected chi connectivity index (χ0v) is 9.40. The van der Waals surface area contributed by atoms with Gasteiger partial charge in [0, 0.05) is 6.04 Å². The molecule has 0 aromatic carbocycles. The van der Waals surface area contributed by atoms with Crippen LogP contribution in [0.3, 0.4) is 0 Å². The molecule has 80 valence electrons. The maximum Gasteiger partial charge on any atom is 0.0836 e. The molecule has 0 aromatic heterocycles. The van der Waals surface area contributed by atoms with E-state index in [0.717, 1.165) is 18.3 Å². The molecule has 15 heavy (non-hydrogen) atoms. The van der Waals surface area contributed by atoms with Crippen LogP contribution in [0, 0.1) is 11.8 Å². The van der Waals surface area contributed by atoms with Crippen LogP contribution in [0.5, 0.6) is 0 Å². The number of rotatable bonds is 1. The molecule has 2 nitrogen and oxygen atoms in total. The molecule has 0 amide bonds. The summed E-state index contributed by atoms with van der Waals surface area (Å²) in [6, 6.07) is 0.885. The van der Waals surface area contributed by atoms with Gasteiger partial charge < -0.3 is 5.32 Å². The second-order valence-corrected chi connectivity index (χ2v) is 5.11. The molecule has 2 heteroatoms. The summed E-state index contributed by atoms with van der Waals surface area (Å²) >= 11 is 0. The molecule has 4 atom stereocenters. The summed E-state index contributed by atoms with van der Waals surface area (Å²) in [5.74, 6) is 1.78. The van der Waals surface area contributed by atoms with Crippen LogP contribution in [0.4, 0.5) is 0 Å². The van der Waals surface area contributed by atoms with E-state index < -0.39 is 0 Å². The minimum Gasteiger partial charge on any atom is -0.370 e. The van der Waals surface area contributed by atoms with Crippen LogP contribution < -0.4 is 5.32 Å². The number of hydrogen-bond donors (Lipinski definition) is 1. The summed E-state index contributed by atoms with van der Waals surface area (Å²) in [4.78, 5) is 4.54. The van der Waals surface area contributed by atoms with Crippen molar-refractivity contribution in [1.82, 2.24) is 5.32 Å². The third kappa shape index (κ3) is 1.52. The van der Waals surface area contributed by atoms with Crippen LogP contribution in [-0.2, 0) is 0 Å². The maximum absolute atomic E-state index is 4.54. The second kappa shape index (κ2) is 3.22. The molecule has 0 spiro atoms. The lowest BCUT2D eigenvalue weighted by Crippen LogP contribution is -2.37. The smallest absolute Gasteiger partial charge is 0.0836 e. The first kappa shape index (κ1) is 9.20. The Balaban J connectivity index is 1.84. The monoisotopic (exact) mass is 202 g/mol. The molecule has 0 radical (unpaired) electrons. The van der Waals surface area contributed by atoms with Crippen LogP contribution in [-0.4, -0.2) is 18.4 Å². The van der Waals surface area contributed by atoms with Gasteiger partial charge in [-0.1, -0.05) is 24.6 Å². The van der Waals surface area contributed by atoms with Crippen molar-refractivity contribution in [3.8, 4) is 0 Å². The lowest BCUT2D eigenvalue weighted by Gasteiger charge is -2.30. The zero-order valence-electron chi connectivity index (χ0n) is 9.40. The van der Waals surface area contributed by atoms with Crippen LogP contribution in [0.2, 0.25) is 0 Å². The summed E-state index contributed by atoms with van der Waals surface area (Å²) in [5, 5.41) is 3.26. The molecule has 2 aliphatic carbocycles. The Morgan fingerprint density at radius 3 is 2.87 bits per heavy atom. The van der Waals surface area contributed by atoms with E-state index in [-0.39, 0.29) is 0 Å². The highest BCUT2D eigenvalue weighted by atomic mass is 15.0. The predicted molar refractivity (Wildman–Crippen MR) is 62.9 cm³/mol. The topological polar surface area (TPSA) is 24.4 Å². The van der Waals surface area contributed by atoms with E-state index in [1.165, 1.54) is 12.0 Å². The normalized spacial score (nSPS) is 42.5. The van der Waals surface area contributed by atoms with Crippen molar-refractivity contribution in [1.29, 1.82) is 0 Å². The van der Waals surface area contributed by atoms with Gasteiger partial charge in [-0.25, -0.2) is 0 Å². The lowest BCUT2D eigenvalue weighted by molar-refractivity contribution is 0.598. The van der Waals surface area contributed by atoms with E-state index in [1.807, 2.05) is 6.34 Å². The molecule has 0 aromatic rings. The van der Waals surface area contributed by atoms with Gasteiger partial charge in [-0.2, -0.15) is 0 Å². The Labute approximate surface area is 91.2 Å². The molecule has 0 bridgehead atoms. The van der Waals surface area contributed by atoms with Crippen molar-refractivity contribution >= 4 is 6.34 Å². The molecular formula is C13H18N2. The number of aliphatic imine (C=N–C) groups is 1. The van der Waals surface area contributed by atoms with E-state index >= 15 is 0 Å². The van der Waals surface area contributed by atoms with E-state index in [1.54, 1.807) is 5.57 Å². The van der Waals surface area contributed by atoms with Crippen molar-refractivity contribution < 1.29 is 0 Å². The third-order valence-electron chi connectivity index (χ3n) is 3.97. The van der Waals surface area contributed by atoms with Crippen molar-refractivity contribution in [3.05, 3.63) is 23.3 Å². The molecule has 3 aliphatic rings. The number of hydrogen-bond acceptors (Lipinski definition) is 2. The molecule has 1 aliphatic heterocycles. The van der Waals surface area contributed by atoms with E-state index in [2.05, 4.69) is 36.3 Å². The van der Waals surface area contributed by atoms with Gasteiger partial charge in [-0.15, -0.1) is 0 Å². The van der Waals surface area contributed by atoms with E-state index in [0.29, 0.717) is 12.1 Å². The predicted octanol–water partition coefficient (Wildman–Crippen LogP) is 2.29. The molecule has 1 saturated carbocycles. The van der Waals surface area contributed by atoms with Gasteiger partial charge in [0.1, 0.15) is 0 Å². The minimum absolute atomic E-state index is 0.425. The van der Waals surface area contributed by atoms with E-state index in [9.17, 15) is 0 Å². The Hall–Kier alpha value is -1.05. The number of fused-ring (bicyclic) bond motifs is 1. The van der Waals surface area contributed by atoms with Crippen molar-refractivity contribution in [2.75, 3.05) is 0 Å². The molecule has 0 saturated heterocycles. The van der Waals surface area contributed by atoms with Crippen LogP contribution in [0.15, 0.2) is 28.3 Å². The number of allylic oxidation sites excluding steroid dienone is 2. The second-order valence-electron chi connectivity index (χ2n) is 5.11. The largest absolute Gasteiger partial charge is 0.370 e. The first-order valence-corrected chi connectivity index (χ1v) is 5.94. The first-order chi connectivity index (χ1) is 7.25. The highest BCUT2D eigenvalue weighted by molar-refractivity contribution is 5.60. The highest BCUT2D eigenvalue weighted by Gasteiger charge is 2.38. The first-order valence-electron chi connectivity index (χ1n) is 5.94. The van der Waals surface area contributed by atoms with Gasteiger partial charge in [-0.05, 0) is 37.2 Å². The third-order valence-corrected chi connectivity index (χ3v) is 3.97. The molecular weight excluding hydrogens is 184 g/mol. The molecule has 3 rings (SSSR count). The van der Waals surface area contributed by atoms with Gasteiger partial charge in [0.05, 0.1) is 12.4 Å².